The second-order valence-electron chi connectivity index (χ2n) is 2.91. The number of nitrogens with one attached hydrogen (secondary N) is 2. The van der Waals surface area contributed by atoms with Gasteiger partial charge in [-0.3, -0.25) is 4.79 Å². The Bertz CT molecular complexity index is 570. The predicted molar refractivity (Wildman–Crippen MR) is 52.6 cm³/mol. The molecule has 0 aliphatic rings. The molecule has 2 heterocycles. The number of hydrogen-bond donors (Lipinski definition) is 3. The summed E-state index contributed by atoms with van der Waals surface area (Å²) < 4.78 is 31.7. The van der Waals surface area contributed by atoms with Crippen molar-refractivity contribution in [1.29, 1.82) is 0 Å². The van der Waals surface area contributed by atoms with E-state index >= 15 is 0 Å². The van der Waals surface area contributed by atoms with Gasteiger partial charge in [-0.2, -0.15) is 13.2 Å². The van der Waals surface area contributed by atoms with Gasteiger partial charge in [0, 0.05) is 12.4 Å². The normalized spacial score (nSPS) is 10.8. The van der Waals surface area contributed by atoms with E-state index in [9.17, 15) is 18.0 Å². The molecular formula is C9H7F3N2O3. The Morgan fingerprint density at radius 1 is 1.18 bits per heavy atom. The lowest BCUT2D eigenvalue weighted by atomic mass is 10.3. The SMILES string of the molecule is O=C(O)C(F)(F)F.O=c1[nH]ccc2[nH]ccc12. The van der Waals surface area contributed by atoms with Crippen LogP contribution in [-0.4, -0.2) is 27.2 Å². The number of aliphatic carboxylic acids is 1. The minimum Gasteiger partial charge on any atom is -0.475 e. The molecule has 2 aromatic heterocycles. The van der Waals surface area contributed by atoms with Gasteiger partial charge in [-0.1, -0.05) is 0 Å². The van der Waals surface area contributed by atoms with E-state index in [1.165, 1.54) is 0 Å². The Hall–Kier alpha value is -2.25. The predicted octanol–water partition coefficient (Wildman–Crippen LogP) is 1.49. The fourth-order valence-corrected chi connectivity index (χ4v) is 0.997. The highest BCUT2D eigenvalue weighted by atomic mass is 19.4. The lowest BCUT2D eigenvalue weighted by molar-refractivity contribution is -0.192. The molecule has 3 N–H and O–H groups in total. The molecule has 0 unspecified atom stereocenters. The van der Waals surface area contributed by atoms with Gasteiger partial charge >= 0.3 is 12.1 Å². The smallest absolute Gasteiger partial charge is 0.475 e. The lowest BCUT2D eigenvalue weighted by Gasteiger charge is -1.93. The minimum atomic E-state index is -5.08. The fourth-order valence-electron chi connectivity index (χ4n) is 0.997. The molecular weight excluding hydrogens is 241 g/mol. The van der Waals surface area contributed by atoms with Gasteiger partial charge in [-0.25, -0.2) is 4.79 Å². The van der Waals surface area contributed by atoms with E-state index in [-0.39, 0.29) is 5.56 Å². The van der Waals surface area contributed by atoms with E-state index in [1.807, 2.05) is 6.07 Å². The highest BCUT2D eigenvalue weighted by Gasteiger charge is 2.38. The molecule has 0 aromatic carbocycles. The second-order valence-corrected chi connectivity index (χ2v) is 2.91. The summed E-state index contributed by atoms with van der Waals surface area (Å²) in [7, 11) is 0. The summed E-state index contributed by atoms with van der Waals surface area (Å²) in [4.78, 5) is 25.4. The van der Waals surface area contributed by atoms with Crippen molar-refractivity contribution in [3.63, 3.8) is 0 Å². The average molecular weight is 248 g/mol. The van der Waals surface area contributed by atoms with E-state index in [4.69, 9.17) is 9.90 Å². The number of rotatable bonds is 0. The van der Waals surface area contributed by atoms with Gasteiger partial charge in [-0.05, 0) is 12.1 Å². The molecule has 2 aromatic rings. The Balaban J connectivity index is 0.000000185. The molecule has 0 bridgehead atoms. The standard InChI is InChI=1S/C7H6N2O.C2HF3O2/c10-7-5-1-3-8-6(5)2-4-9-7;3-2(4,5)1(6)7/h1-4,8H,(H,9,10);(H,6,7). The first-order valence-corrected chi connectivity index (χ1v) is 4.27. The number of fused-ring (bicyclic) bond motifs is 1. The molecule has 92 valence electrons. The molecule has 2 rings (SSSR count). The lowest BCUT2D eigenvalue weighted by Crippen LogP contribution is -2.21. The topological polar surface area (TPSA) is 85.9 Å². The highest BCUT2D eigenvalue weighted by molar-refractivity contribution is 5.77. The number of carboxylic acid groups (broad SMARTS) is 1. The third-order valence-corrected chi connectivity index (χ3v) is 1.73. The van der Waals surface area contributed by atoms with E-state index in [1.54, 1.807) is 18.5 Å². The number of aromatic amines is 2. The van der Waals surface area contributed by atoms with Crippen LogP contribution in [0.15, 0.2) is 29.3 Å². The molecule has 17 heavy (non-hydrogen) atoms. The van der Waals surface area contributed by atoms with Crippen molar-refractivity contribution in [1.82, 2.24) is 9.97 Å². The molecule has 0 saturated heterocycles. The fraction of sp³-hybridized carbons (Fsp3) is 0.111. The van der Waals surface area contributed by atoms with E-state index < -0.39 is 12.1 Å². The maximum atomic E-state index is 11.0. The maximum Gasteiger partial charge on any atom is 0.490 e. The monoisotopic (exact) mass is 248 g/mol. The van der Waals surface area contributed by atoms with Crippen LogP contribution in [0.4, 0.5) is 13.2 Å². The van der Waals surface area contributed by atoms with Crippen molar-refractivity contribution in [3.8, 4) is 0 Å². The van der Waals surface area contributed by atoms with Gasteiger partial charge in [0.2, 0.25) is 0 Å². The summed E-state index contributed by atoms with van der Waals surface area (Å²) >= 11 is 0. The molecule has 0 aliphatic heterocycles. The zero-order valence-electron chi connectivity index (χ0n) is 8.21. The van der Waals surface area contributed by atoms with Gasteiger partial charge in [0.25, 0.3) is 5.56 Å². The Labute approximate surface area is 91.9 Å². The van der Waals surface area contributed by atoms with E-state index in [2.05, 4.69) is 9.97 Å². The number of H-pyrrole nitrogens is 2. The van der Waals surface area contributed by atoms with E-state index in [0.29, 0.717) is 5.39 Å². The molecule has 5 nitrogen and oxygen atoms in total. The molecule has 0 spiro atoms. The van der Waals surface area contributed by atoms with Crippen LogP contribution in [0, 0.1) is 0 Å². The van der Waals surface area contributed by atoms with Crippen LogP contribution in [0.25, 0.3) is 10.9 Å². The van der Waals surface area contributed by atoms with Crippen LogP contribution in [0.3, 0.4) is 0 Å². The van der Waals surface area contributed by atoms with Crippen LogP contribution in [0.2, 0.25) is 0 Å². The molecule has 8 heteroatoms. The van der Waals surface area contributed by atoms with Gasteiger partial charge < -0.3 is 15.1 Å². The van der Waals surface area contributed by atoms with Crippen molar-refractivity contribution < 1.29 is 23.1 Å². The first-order valence-electron chi connectivity index (χ1n) is 4.27. The highest BCUT2D eigenvalue weighted by Crippen LogP contribution is 2.13. The zero-order valence-corrected chi connectivity index (χ0v) is 8.21. The van der Waals surface area contributed by atoms with Gasteiger partial charge in [0.15, 0.2) is 0 Å². The number of aromatic nitrogens is 2. The van der Waals surface area contributed by atoms with Crippen LogP contribution in [0.1, 0.15) is 0 Å². The Morgan fingerprint density at radius 3 is 2.18 bits per heavy atom. The summed E-state index contributed by atoms with van der Waals surface area (Å²) in [6, 6.07) is 3.59. The van der Waals surface area contributed by atoms with Crippen LogP contribution < -0.4 is 5.56 Å². The third kappa shape index (κ3) is 3.37. The minimum absolute atomic E-state index is 0.0428. The summed E-state index contributed by atoms with van der Waals surface area (Å²) in [6.45, 7) is 0. The van der Waals surface area contributed by atoms with Crippen LogP contribution >= 0.6 is 0 Å². The third-order valence-electron chi connectivity index (χ3n) is 1.73. The maximum absolute atomic E-state index is 11.0. The van der Waals surface area contributed by atoms with E-state index in [0.717, 1.165) is 5.52 Å². The van der Waals surface area contributed by atoms with Crippen molar-refractivity contribution in [2.24, 2.45) is 0 Å². The molecule has 0 atom stereocenters. The van der Waals surface area contributed by atoms with Gasteiger partial charge in [0.1, 0.15) is 0 Å². The number of halogens is 3. The molecule has 0 radical (unpaired) electrons. The number of hydrogen-bond acceptors (Lipinski definition) is 2. The Kier molecular flexibility index (Phi) is 3.56. The summed E-state index contributed by atoms with van der Waals surface area (Å²) in [6.07, 6.45) is -1.71. The molecule has 0 fully saturated rings. The van der Waals surface area contributed by atoms with Crippen LogP contribution in [-0.2, 0) is 4.79 Å². The number of alkyl halides is 3. The van der Waals surface area contributed by atoms with Gasteiger partial charge in [-0.15, -0.1) is 0 Å². The Morgan fingerprint density at radius 2 is 1.71 bits per heavy atom. The quantitative estimate of drug-likeness (QED) is 0.660. The van der Waals surface area contributed by atoms with Gasteiger partial charge in [0.05, 0.1) is 10.9 Å². The first-order chi connectivity index (χ1) is 7.82. The van der Waals surface area contributed by atoms with Crippen molar-refractivity contribution in [3.05, 3.63) is 34.9 Å². The van der Waals surface area contributed by atoms with Crippen LogP contribution in [0.5, 0.6) is 0 Å². The summed E-state index contributed by atoms with van der Waals surface area (Å²) in [5.74, 6) is -2.76. The number of carboxylic acids is 1. The zero-order chi connectivity index (χ0) is 13.1. The van der Waals surface area contributed by atoms with Crippen molar-refractivity contribution in [2.75, 3.05) is 0 Å². The number of carbonyl (C=O) groups is 1. The molecule has 0 aliphatic carbocycles. The van der Waals surface area contributed by atoms with Crippen molar-refractivity contribution >= 4 is 16.9 Å². The average Bonchev–Trinajstić information content (AvgIpc) is 2.66. The summed E-state index contributed by atoms with van der Waals surface area (Å²) in [5.41, 5.74) is 0.836. The summed E-state index contributed by atoms with van der Waals surface area (Å²) in [5, 5.41) is 7.84. The first kappa shape index (κ1) is 12.8. The molecule has 0 amide bonds. The second kappa shape index (κ2) is 4.73. The molecule has 0 saturated carbocycles. The number of pyridine rings is 1. The van der Waals surface area contributed by atoms with Crippen molar-refractivity contribution in [2.45, 2.75) is 6.18 Å². The largest absolute Gasteiger partial charge is 0.490 e.